The van der Waals surface area contributed by atoms with Crippen LogP contribution in [0, 0.1) is 0 Å². The van der Waals surface area contributed by atoms with Crippen molar-refractivity contribution in [3.8, 4) is 0 Å². The third kappa shape index (κ3) is 3.96. The van der Waals surface area contributed by atoms with Crippen molar-refractivity contribution in [3.05, 3.63) is 56.4 Å². The lowest BCUT2D eigenvalue weighted by molar-refractivity contribution is 0.600. The van der Waals surface area contributed by atoms with E-state index in [0.29, 0.717) is 10.6 Å². The van der Waals surface area contributed by atoms with Crippen molar-refractivity contribution in [2.75, 3.05) is 4.72 Å². The van der Waals surface area contributed by atoms with Gasteiger partial charge < -0.3 is 0 Å². The van der Waals surface area contributed by atoms with Crippen molar-refractivity contribution < 1.29 is 8.42 Å². The summed E-state index contributed by atoms with van der Waals surface area (Å²) < 4.78 is 26.1. The van der Waals surface area contributed by atoms with Crippen LogP contribution in [0.4, 0.5) is 5.69 Å². The molecule has 0 amide bonds. The predicted molar refractivity (Wildman–Crippen MR) is 77.6 cm³/mol. The number of H-pyrrole nitrogens is 1. The molecule has 9 heteroatoms. The average Bonchev–Trinajstić information content (AvgIpc) is 2.33. The van der Waals surface area contributed by atoms with E-state index in [9.17, 15) is 13.2 Å². The summed E-state index contributed by atoms with van der Waals surface area (Å²) in [5, 5.41) is 5.93. The number of halogens is 2. The largest absolute Gasteiger partial charge is 0.288 e. The van der Waals surface area contributed by atoms with Crippen LogP contribution in [-0.2, 0) is 15.8 Å². The molecular weight excluding hydrogens is 325 g/mol. The topological polar surface area (TPSA) is 91.9 Å². The Hall–Kier alpha value is -1.57. The summed E-state index contributed by atoms with van der Waals surface area (Å²) in [4.78, 5) is 11.4. The Labute approximate surface area is 124 Å². The second kappa shape index (κ2) is 5.82. The van der Waals surface area contributed by atoms with E-state index in [1.54, 1.807) is 18.2 Å². The number of aromatic amines is 1. The highest BCUT2D eigenvalue weighted by molar-refractivity contribution is 7.91. The maximum absolute atomic E-state index is 12.0. The van der Waals surface area contributed by atoms with Crippen LogP contribution < -0.4 is 10.3 Å². The first-order chi connectivity index (χ1) is 9.35. The van der Waals surface area contributed by atoms with Gasteiger partial charge in [-0.05, 0) is 17.7 Å². The summed E-state index contributed by atoms with van der Waals surface area (Å²) in [7, 11) is -3.76. The molecule has 0 atom stereocenters. The highest BCUT2D eigenvalue weighted by Gasteiger charge is 2.14. The van der Waals surface area contributed by atoms with Crippen LogP contribution >= 0.6 is 23.2 Å². The van der Waals surface area contributed by atoms with Crippen molar-refractivity contribution >= 4 is 38.9 Å². The van der Waals surface area contributed by atoms with Crippen molar-refractivity contribution in [2.24, 2.45) is 0 Å². The Morgan fingerprint density at radius 3 is 2.70 bits per heavy atom. The molecule has 0 spiro atoms. The summed E-state index contributed by atoms with van der Waals surface area (Å²) in [6, 6.07) is 7.57. The van der Waals surface area contributed by atoms with E-state index in [1.807, 2.05) is 0 Å². The molecular formula is C11H9Cl2N3O3S. The van der Waals surface area contributed by atoms with Gasteiger partial charge in [-0.15, -0.1) is 0 Å². The number of nitrogens with zero attached hydrogens (tertiary/aromatic N) is 1. The van der Waals surface area contributed by atoms with Crippen molar-refractivity contribution in [3.63, 3.8) is 0 Å². The number of benzene rings is 1. The van der Waals surface area contributed by atoms with Crippen LogP contribution in [0.3, 0.4) is 0 Å². The quantitative estimate of drug-likeness (QED) is 0.895. The van der Waals surface area contributed by atoms with Crippen LogP contribution in [0.5, 0.6) is 0 Å². The number of aromatic nitrogens is 2. The van der Waals surface area contributed by atoms with Crippen molar-refractivity contribution in [1.82, 2.24) is 10.2 Å². The Balaban J connectivity index is 2.23. The highest BCUT2D eigenvalue weighted by atomic mass is 35.5. The van der Waals surface area contributed by atoms with Crippen molar-refractivity contribution in [1.29, 1.82) is 0 Å². The van der Waals surface area contributed by atoms with Gasteiger partial charge in [-0.25, -0.2) is 13.5 Å². The minimum Gasteiger partial charge on any atom is -0.278 e. The number of rotatable bonds is 4. The summed E-state index contributed by atoms with van der Waals surface area (Å²) in [5.41, 5.74) is -0.363. The van der Waals surface area contributed by atoms with Crippen LogP contribution in [0.15, 0.2) is 35.1 Å². The van der Waals surface area contributed by atoms with E-state index >= 15 is 0 Å². The van der Waals surface area contributed by atoms with E-state index in [-0.39, 0.29) is 16.6 Å². The minimum absolute atomic E-state index is 0.0231. The van der Waals surface area contributed by atoms with E-state index < -0.39 is 15.6 Å². The molecule has 0 saturated carbocycles. The van der Waals surface area contributed by atoms with Gasteiger partial charge in [0.15, 0.2) is 5.15 Å². The molecule has 0 aliphatic rings. The molecule has 106 valence electrons. The lowest BCUT2D eigenvalue weighted by atomic mass is 10.2. The second-order valence-electron chi connectivity index (χ2n) is 3.92. The molecule has 1 aromatic carbocycles. The van der Waals surface area contributed by atoms with Gasteiger partial charge in [0, 0.05) is 11.1 Å². The zero-order chi connectivity index (χ0) is 14.8. The minimum atomic E-state index is -3.76. The van der Waals surface area contributed by atoms with Crippen LogP contribution in [0.1, 0.15) is 5.56 Å². The van der Waals surface area contributed by atoms with Crippen LogP contribution in [0.25, 0.3) is 0 Å². The fourth-order valence-electron chi connectivity index (χ4n) is 1.51. The standard InChI is InChI=1S/C11H9Cl2N3O3S/c12-8-3-1-2-7(4-8)6-20(18,19)16-9-5-10(13)14-15-11(9)17/h1-5H,6H2,(H,14,16)(H,15,17). The molecule has 6 nitrogen and oxygen atoms in total. The first-order valence-corrected chi connectivity index (χ1v) is 7.77. The molecule has 1 aromatic heterocycles. The molecule has 0 aliphatic heterocycles. The van der Waals surface area contributed by atoms with Crippen LogP contribution in [0.2, 0.25) is 10.2 Å². The summed E-state index contributed by atoms with van der Waals surface area (Å²) in [5.74, 6) is -0.313. The SMILES string of the molecule is O=c1[nH]nc(Cl)cc1NS(=O)(=O)Cc1cccc(Cl)c1. The molecule has 2 N–H and O–H groups in total. The Kier molecular flexibility index (Phi) is 4.32. The van der Waals surface area contributed by atoms with Crippen molar-refractivity contribution in [2.45, 2.75) is 5.75 Å². The maximum Gasteiger partial charge on any atom is 0.288 e. The van der Waals surface area contributed by atoms with Gasteiger partial charge in [-0.1, -0.05) is 35.3 Å². The molecule has 0 unspecified atom stereocenters. The highest BCUT2D eigenvalue weighted by Crippen LogP contribution is 2.15. The number of sulfonamides is 1. The summed E-state index contributed by atoms with van der Waals surface area (Å²) in [6.07, 6.45) is 0. The van der Waals surface area contributed by atoms with E-state index in [1.165, 1.54) is 6.07 Å². The molecule has 0 radical (unpaired) electrons. The molecule has 0 bridgehead atoms. The number of hydrogen-bond donors (Lipinski definition) is 2. The van der Waals surface area contributed by atoms with Gasteiger partial charge in [0.25, 0.3) is 5.56 Å². The molecule has 0 fully saturated rings. The first-order valence-electron chi connectivity index (χ1n) is 5.36. The molecule has 1 heterocycles. The zero-order valence-electron chi connectivity index (χ0n) is 9.93. The van der Waals surface area contributed by atoms with Gasteiger partial charge in [0.1, 0.15) is 5.69 Å². The Morgan fingerprint density at radius 1 is 1.25 bits per heavy atom. The fourth-order valence-corrected chi connectivity index (χ4v) is 3.05. The molecule has 0 saturated heterocycles. The number of anilines is 1. The third-order valence-electron chi connectivity index (χ3n) is 2.28. The number of nitrogens with one attached hydrogen (secondary N) is 2. The maximum atomic E-state index is 12.0. The van der Waals surface area contributed by atoms with E-state index in [2.05, 4.69) is 14.9 Å². The van der Waals surface area contributed by atoms with Gasteiger partial charge in [-0.2, -0.15) is 5.10 Å². The predicted octanol–water partition coefficient (Wildman–Crippen LogP) is 2.02. The van der Waals surface area contributed by atoms with Gasteiger partial charge in [0.05, 0.1) is 5.75 Å². The average molecular weight is 334 g/mol. The normalized spacial score (nSPS) is 11.3. The zero-order valence-corrected chi connectivity index (χ0v) is 12.3. The summed E-state index contributed by atoms with van der Waals surface area (Å²) in [6.45, 7) is 0. The lowest BCUT2D eigenvalue weighted by Crippen LogP contribution is -2.22. The monoisotopic (exact) mass is 333 g/mol. The molecule has 2 aromatic rings. The first kappa shape index (κ1) is 14.8. The fraction of sp³-hybridized carbons (Fsp3) is 0.0909. The third-order valence-corrected chi connectivity index (χ3v) is 3.96. The smallest absolute Gasteiger partial charge is 0.278 e. The lowest BCUT2D eigenvalue weighted by Gasteiger charge is -2.07. The van der Waals surface area contributed by atoms with Crippen LogP contribution in [-0.4, -0.2) is 18.6 Å². The van der Waals surface area contributed by atoms with Gasteiger partial charge in [0.2, 0.25) is 10.0 Å². The van der Waals surface area contributed by atoms with Gasteiger partial charge >= 0.3 is 0 Å². The molecule has 0 aliphatic carbocycles. The summed E-state index contributed by atoms with van der Waals surface area (Å²) >= 11 is 11.4. The number of hydrogen-bond acceptors (Lipinski definition) is 4. The Morgan fingerprint density at radius 2 is 2.00 bits per heavy atom. The van der Waals surface area contributed by atoms with Gasteiger partial charge in [-0.3, -0.25) is 9.52 Å². The Bertz CT molecular complexity index is 789. The second-order valence-corrected chi connectivity index (χ2v) is 6.47. The van der Waals surface area contributed by atoms with E-state index in [4.69, 9.17) is 23.2 Å². The molecule has 20 heavy (non-hydrogen) atoms. The molecule has 2 rings (SSSR count). The van der Waals surface area contributed by atoms with E-state index in [0.717, 1.165) is 6.07 Å².